The lowest BCUT2D eigenvalue weighted by molar-refractivity contribution is -0.116. The van der Waals surface area contributed by atoms with Crippen LogP contribution < -0.4 is 10.2 Å². The van der Waals surface area contributed by atoms with Crippen LogP contribution in [0.25, 0.3) is 5.57 Å². The predicted octanol–water partition coefficient (Wildman–Crippen LogP) is 7.31. The Morgan fingerprint density at radius 2 is 1.40 bits per heavy atom. The Hall–Kier alpha value is -3.94. The van der Waals surface area contributed by atoms with Gasteiger partial charge in [0.05, 0.1) is 22.5 Å². The summed E-state index contributed by atoms with van der Waals surface area (Å²) in [7, 11) is 0. The number of anilines is 2. The molecular weight excluding hydrogens is 600 g/mol. The van der Waals surface area contributed by atoms with Crippen LogP contribution in [-0.2, 0) is 25.2 Å². The number of aliphatic hydroxyl groups excluding tert-OH is 1. The highest BCUT2D eigenvalue weighted by Gasteiger charge is 2.50. The number of ketones is 1. The summed E-state index contributed by atoms with van der Waals surface area (Å²) in [5, 5.41) is 15.2. The Kier molecular flexibility index (Phi) is 6.99. The molecule has 4 aliphatic heterocycles. The van der Waals surface area contributed by atoms with Crippen molar-refractivity contribution in [3.8, 4) is 0 Å². The molecule has 1 fully saturated rings. The molecule has 0 saturated carbocycles. The molecule has 48 heavy (non-hydrogen) atoms. The number of carbonyl (C=O) groups excluding carboxylic acids is 3. The lowest BCUT2D eigenvalue weighted by atomic mass is 9.62. The maximum Gasteiger partial charge on any atom is 0.243 e. The first-order valence-corrected chi connectivity index (χ1v) is 17.6. The van der Waals surface area contributed by atoms with Crippen molar-refractivity contribution in [2.75, 3.05) is 36.4 Å². The summed E-state index contributed by atoms with van der Waals surface area (Å²) < 4.78 is 0. The van der Waals surface area contributed by atoms with Crippen molar-refractivity contribution in [3.63, 3.8) is 0 Å². The van der Waals surface area contributed by atoms with E-state index in [4.69, 9.17) is 0 Å². The third-order valence-electron chi connectivity index (χ3n) is 12.1. The second-order valence-electron chi connectivity index (χ2n) is 17.4. The highest BCUT2D eigenvalue weighted by atomic mass is 16.3. The smallest absolute Gasteiger partial charge is 0.243 e. The van der Waals surface area contributed by atoms with Crippen molar-refractivity contribution in [2.45, 2.75) is 106 Å². The van der Waals surface area contributed by atoms with E-state index in [-0.39, 0.29) is 56.2 Å². The van der Waals surface area contributed by atoms with Crippen LogP contribution >= 0.6 is 0 Å². The van der Waals surface area contributed by atoms with Crippen LogP contribution in [0.15, 0.2) is 50.9 Å². The highest BCUT2D eigenvalue weighted by molar-refractivity contribution is 6.43. The number of aliphatic imine (C=N–C) groups is 1. The van der Waals surface area contributed by atoms with Gasteiger partial charge in [0, 0.05) is 73.7 Å². The molecular formula is C40H50N4O4. The summed E-state index contributed by atoms with van der Waals surface area (Å²) in [6.45, 7) is 24.3. The van der Waals surface area contributed by atoms with Gasteiger partial charge in [-0.1, -0.05) is 55.4 Å². The van der Waals surface area contributed by atoms with Crippen LogP contribution in [0.2, 0.25) is 0 Å². The van der Waals surface area contributed by atoms with Gasteiger partial charge < -0.3 is 20.2 Å². The summed E-state index contributed by atoms with van der Waals surface area (Å²) in [5.41, 5.74) is 8.22. The van der Waals surface area contributed by atoms with Crippen LogP contribution in [-0.4, -0.2) is 59.5 Å². The van der Waals surface area contributed by atoms with Crippen molar-refractivity contribution >= 4 is 40.3 Å². The molecule has 6 aliphatic rings. The Morgan fingerprint density at radius 3 is 2.00 bits per heavy atom. The van der Waals surface area contributed by atoms with Gasteiger partial charge in [-0.25, -0.2) is 4.99 Å². The number of nitrogens with one attached hydrogen (secondary N) is 1. The second-order valence-corrected chi connectivity index (χ2v) is 17.4. The van der Waals surface area contributed by atoms with Crippen molar-refractivity contribution in [1.82, 2.24) is 4.90 Å². The number of hydrogen-bond donors (Lipinski definition) is 2. The number of nitrogens with zero attached hydrogens (tertiary/aromatic N) is 3. The van der Waals surface area contributed by atoms with Crippen LogP contribution in [0.4, 0.5) is 11.4 Å². The Bertz CT molecular complexity index is 1890. The molecule has 0 spiro atoms. The van der Waals surface area contributed by atoms with E-state index in [0.29, 0.717) is 22.5 Å². The summed E-state index contributed by atoms with van der Waals surface area (Å²) in [6.07, 6.45) is 5.73. The molecule has 1 saturated heterocycles. The minimum Gasteiger partial charge on any atom is -0.506 e. The number of benzene rings is 1. The van der Waals surface area contributed by atoms with E-state index in [1.54, 1.807) is 0 Å². The van der Waals surface area contributed by atoms with Gasteiger partial charge in [-0.3, -0.25) is 14.4 Å². The molecule has 254 valence electrons. The summed E-state index contributed by atoms with van der Waals surface area (Å²) >= 11 is 0. The molecule has 2 aliphatic carbocycles. The lowest BCUT2D eigenvalue weighted by Gasteiger charge is -2.52. The minimum atomic E-state index is -0.345. The van der Waals surface area contributed by atoms with E-state index < -0.39 is 0 Å². The monoisotopic (exact) mass is 650 g/mol. The standard InChI is InChI=1S/C40H50N4O4/c1-21(45)41-31-23(19-25-33-29(31)39(7,8)13-17-43(33)15-11-37(25,3)4)27-35(47)28(36(27)48)24-20-26-34-30(32(24)42-22(2)46)40(9,10)14-18-44(34)16-12-38(26,5)6/h19-20,47H,11-18H2,1-10H3,(H,41,45)/b28-24+,42-32?. The van der Waals surface area contributed by atoms with E-state index in [1.807, 2.05) is 12.1 Å². The maximum absolute atomic E-state index is 14.7. The van der Waals surface area contributed by atoms with Crippen molar-refractivity contribution in [3.05, 3.63) is 62.6 Å². The molecule has 0 atom stereocenters. The van der Waals surface area contributed by atoms with Crippen LogP contribution in [0, 0.1) is 10.8 Å². The predicted molar refractivity (Wildman–Crippen MR) is 191 cm³/mol. The Morgan fingerprint density at radius 1 is 0.812 bits per heavy atom. The van der Waals surface area contributed by atoms with E-state index >= 15 is 0 Å². The molecule has 8 nitrogen and oxygen atoms in total. The topological polar surface area (TPSA) is 102 Å². The van der Waals surface area contributed by atoms with Crippen molar-refractivity contribution in [2.24, 2.45) is 15.8 Å². The molecule has 8 heteroatoms. The van der Waals surface area contributed by atoms with Gasteiger partial charge in [-0.05, 0) is 70.6 Å². The molecule has 1 aromatic carbocycles. The molecule has 7 rings (SSSR count). The molecule has 0 unspecified atom stereocenters. The quantitative estimate of drug-likeness (QED) is 0.326. The Labute approximate surface area is 284 Å². The fraction of sp³-hybridized carbons (Fsp3) is 0.550. The molecule has 0 radical (unpaired) electrons. The molecule has 2 amide bonds. The second kappa shape index (κ2) is 10.3. The number of carbonyl (C=O) groups is 3. The molecule has 2 N–H and O–H groups in total. The number of rotatable bonds is 2. The largest absolute Gasteiger partial charge is 0.506 e. The van der Waals surface area contributed by atoms with E-state index in [1.165, 1.54) is 13.8 Å². The van der Waals surface area contributed by atoms with Crippen LogP contribution in [0.1, 0.15) is 112 Å². The molecule has 0 bridgehead atoms. The number of allylic oxidation sites excluding steroid dienone is 6. The fourth-order valence-electron chi connectivity index (χ4n) is 9.04. The van der Waals surface area contributed by atoms with Crippen LogP contribution in [0.3, 0.4) is 0 Å². The first-order chi connectivity index (χ1) is 22.3. The number of piperidine rings is 1. The average Bonchev–Trinajstić information content (AvgIpc) is 2.96. The van der Waals surface area contributed by atoms with Crippen LogP contribution in [0.5, 0.6) is 0 Å². The number of amides is 2. The third kappa shape index (κ3) is 4.61. The van der Waals surface area contributed by atoms with Gasteiger partial charge >= 0.3 is 0 Å². The van der Waals surface area contributed by atoms with Crippen molar-refractivity contribution in [1.29, 1.82) is 0 Å². The molecule has 4 heterocycles. The normalized spacial score (nSPS) is 26.9. The number of hydrogen-bond acceptors (Lipinski definition) is 6. The number of Topliss-reactive ketones (excluding diaryl/α,β-unsaturated/α-hetero) is 1. The van der Waals surface area contributed by atoms with Crippen molar-refractivity contribution < 1.29 is 19.5 Å². The van der Waals surface area contributed by atoms with Gasteiger partial charge in [0.2, 0.25) is 17.6 Å². The Balaban J connectivity index is 1.52. The third-order valence-corrected chi connectivity index (χ3v) is 12.1. The zero-order chi connectivity index (χ0) is 34.9. The van der Waals surface area contributed by atoms with Gasteiger partial charge in [0.15, 0.2) is 0 Å². The highest BCUT2D eigenvalue weighted by Crippen LogP contribution is 2.57. The lowest BCUT2D eigenvalue weighted by Crippen LogP contribution is -2.48. The van der Waals surface area contributed by atoms with E-state index in [0.717, 1.165) is 85.5 Å². The summed E-state index contributed by atoms with van der Waals surface area (Å²) in [4.78, 5) is 49.6. The number of aliphatic hydroxyl groups is 1. The first kappa shape index (κ1) is 32.6. The minimum absolute atomic E-state index is 0.107. The average molecular weight is 651 g/mol. The zero-order valence-corrected chi connectivity index (χ0v) is 30.3. The maximum atomic E-state index is 14.7. The van der Waals surface area contributed by atoms with Gasteiger partial charge in [0.1, 0.15) is 5.76 Å². The SMILES string of the molecule is CC(=O)N=C1C2=C3C(=C/C1=C1\C(=O)C(c4cc5c6c(c4NC(C)=O)C(C)(C)CCN6CCC5(C)C)=C1O)C(C)(C)CCN3CCC2(C)C. The zero-order valence-electron chi connectivity index (χ0n) is 30.3. The molecule has 1 aromatic rings. The first-order valence-electron chi connectivity index (χ1n) is 17.6. The van der Waals surface area contributed by atoms with E-state index in [2.05, 4.69) is 75.5 Å². The molecule has 0 aromatic heterocycles. The van der Waals surface area contributed by atoms with Gasteiger partial charge in [0.25, 0.3) is 0 Å². The van der Waals surface area contributed by atoms with Gasteiger partial charge in [-0.15, -0.1) is 0 Å². The fourth-order valence-corrected chi connectivity index (χ4v) is 9.04. The summed E-state index contributed by atoms with van der Waals surface area (Å²) in [6, 6.07) is 2.04. The van der Waals surface area contributed by atoms with Gasteiger partial charge in [-0.2, -0.15) is 0 Å². The summed E-state index contributed by atoms with van der Waals surface area (Å²) in [5.74, 6) is -0.972. The van der Waals surface area contributed by atoms with E-state index in [9.17, 15) is 19.5 Å².